The lowest BCUT2D eigenvalue weighted by Crippen LogP contribution is -2.35. The first-order valence-electron chi connectivity index (χ1n) is 6.69. The summed E-state index contributed by atoms with van der Waals surface area (Å²) in [5.74, 6) is -1.27. The molecule has 5 N–H and O–H groups in total. The molecule has 0 fully saturated rings. The molecular formula is C15H16Cl2N4O3S. The molecule has 10 heteroatoms. The second kappa shape index (κ2) is 8.19. The summed E-state index contributed by atoms with van der Waals surface area (Å²) < 4.78 is 24.2. The Kier molecular flexibility index (Phi) is 6.80. The highest BCUT2D eigenvalue weighted by atomic mass is 35.5. The summed E-state index contributed by atoms with van der Waals surface area (Å²) in [5.41, 5.74) is 5.91. The monoisotopic (exact) mass is 402 g/mol. The van der Waals surface area contributed by atoms with Crippen LogP contribution in [-0.4, -0.2) is 26.5 Å². The number of sulfone groups is 1. The maximum atomic E-state index is 12.1. The predicted molar refractivity (Wildman–Crippen MR) is 101 cm³/mol. The van der Waals surface area contributed by atoms with E-state index < -0.39 is 21.7 Å². The van der Waals surface area contributed by atoms with E-state index >= 15 is 0 Å². The summed E-state index contributed by atoms with van der Waals surface area (Å²) in [7, 11) is -3.67. The van der Waals surface area contributed by atoms with E-state index in [1.807, 2.05) is 6.07 Å². The van der Waals surface area contributed by atoms with Crippen LogP contribution in [0.3, 0.4) is 0 Å². The first-order valence-corrected chi connectivity index (χ1v) is 8.96. The average molecular weight is 403 g/mol. The third-order valence-corrected chi connectivity index (χ3v) is 4.43. The second-order valence-corrected chi connectivity index (χ2v) is 7.35. The summed E-state index contributed by atoms with van der Waals surface area (Å²) in [6, 6.07) is 11.4. The fraction of sp³-hybridized carbons (Fsp3) is 0.0667. The highest BCUT2D eigenvalue weighted by Gasteiger charge is 2.21. The summed E-state index contributed by atoms with van der Waals surface area (Å²) in [6.45, 7) is 0. The minimum Gasteiger partial charge on any atom is -0.370 e. The maximum Gasteiger partial charge on any atom is 0.258 e. The Morgan fingerprint density at radius 1 is 1.20 bits per heavy atom. The van der Waals surface area contributed by atoms with Gasteiger partial charge in [0, 0.05) is 17.5 Å². The molecule has 0 bridgehead atoms. The van der Waals surface area contributed by atoms with Gasteiger partial charge in [-0.15, -0.1) is 12.4 Å². The summed E-state index contributed by atoms with van der Waals surface area (Å²) in [4.78, 5) is 11.8. The van der Waals surface area contributed by atoms with Gasteiger partial charge in [-0.25, -0.2) is 8.42 Å². The topological polar surface area (TPSA) is 125 Å². The van der Waals surface area contributed by atoms with Crippen molar-refractivity contribution in [1.29, 1.82) is 5.41 Å². The number of para-hydroxylation sites is 1. The van der Waals surface area contributed by atoms with Crippen molar-refractivity contribution in [1.82, 2.24) is 5.32 Å². The van der Waals surface area contributed by atoms with Crippen molar-refractivity contribution in [2.24, 2.45) is 5.73 Å². The first kappa shape index (κ1) is 20.8. The molecule has 0 aromatic heterocycles. The number of nitrogens with one attached hydrogen (secondary N) is 3. The highest BCUT2D eigenvalue weighted by molar-refractivity contribution is 7.90. The Balaban J connectivity index is 0.00000312. The fourth-order valence-corrected chi connectivity index (χ4v) is 3.18. The smallest absolute Gasteiger partial charge is 0.258 e. The van der Waals surface area contributed by atoms with Crippen LogP contribution >= 0.6 is 24.0 Å². The van der Waals surface area contributed by atoms with Crippen molar-refractivity contribution in [2.75, 3.05) is 11.6 Å². The largest absolute Gasteiger partial charge is 0.370 e. The highest BCUT2D eigenvalue weighted by Crippen LogP contribution is 2.33. The molecule has 0 saturated heterocycles. The molecule has 0 aliphatic heterocycles. The van der Waals surface area contributed by atoms with Crippen LogP contribution in [0.2, 0.25) is 5.02 Å². The lowest BCUT2D eigenvalue weighted by molar-refractivity contribution is 0.0976. The second-order valence-electron chi connectivity index (χ2n) is 4.96. The van der Waals surface area contributed by atoms with E-state index in [4.69, 9.17) is 22.7 Å². The van der Waals surface area contributed by atoms with Crippen LogP contribution in [0, 0.1) is 5.41 Å². The molecule has 7 nitrogen and oxygen atoms in total. The van der Waals surface area contributed by atoms with Gasteiger partial charge >= 0.3 is 0 Å². The molecule has 2 aromatic carbocycles. The van der Waals surface area contributed by atoms with E-state index in [1.165, 1.54) is 12.1 Å². The average Bonchev–Trinajstić information content (AvgIpc) is 2.48. The van der Waals surface area contributed by atoms with Gasteiger partial charge in [0.25, 0.3) is 5.91 Å². The third kappa shape index (κ3) is 5.35. The minimum atomic E-state index is -3.67. The summed E-state index contributed by atoms with van der Waals surface area (Å²) in [6.07, 6.45) is 1.02. The van der Waals surface area contributed by atoms with Crippen LogP contribution in [0.1, 0.15) is 10.4 Å². The lowest BCUT2D eigenvalue weighted by atomic mass is 10.2. The quantitative estimate of drug-likeness (QED) is 0.461. The Morgan fingerprint density at radius 2 is 1.80 bits per heavy atom. The van der Waals surface area contributed by atoms with E-state index in [-0.39, 0.29) is 33.6 Å². The molecule has 134 valence electrons. The standard InChI is InChI=1S/C15H15ClN4O3S.ClH/c1-24(22,23)12-8-9(14(21)20-15(17)18)7-11(16)13(12)19-10-5-3-2-4-6-10;/h2-8,19H,1H3,(H4,17,18,20,21);1H. The molecule has 25 heavy (non-hydrogen) atoms. The van der Waals surface area contributed by atoms with Crippen LogP contribution < -0.4 is 16.4 Å². The van der Waals surface area contributed by atoms with Crippen LogP contribution in [-0.2, 0) is 9.84 Å². The van der Waals surface area contributed by atoms with E-state index in [2.05, 4.69) is 10.6 Å². The summed E-state index contributed by atoms with van der Waals surface area (Å²) >= 11 is 6.18. The number of guanidine groups is 1. The van der Waals surface area contributed by atoms with Crippen molar-refractivity contribution in [2.45, 2.75) is 4.90 Å². The number of nitrogens with two attached hydrogens (primary N) is 1. The molecule has 0 unspecified atom stereocenters. The predicted octanol–water partition coefficient (Wildman–Crippen LogP) is 2.53. The molecule has 1 amide bonds. The molecule has 0 heterocycles. The molecule has 0 aliphatic carbocycles. The third-order valence-electron chi connectivity index (χ3n) is 3.01. The van der Waals surface area contributed by atoms with Crippen molar-refractivity contribution in [3.05, 3.63) is 53.1 Å². The van der Waals surface area contributed by atoms with Crippen LogP contribution in [0.25, 0.3) is 0 Å². The molecule has 0 spiro atoms. The van der Waals surface area contributed by atoms with E-state index in [0.29, 0.717) is 5.69 Å². The van der Waals surface area contributed by atoms with Gasteiger partial charge < -0.3 is 11.1 Å². The van der Waals surface area contributed by atoms with Gasteiger partial charge in [0.05, 0.1) is 15.6 Å². The Bertz CT molecular complexity index is 902. The van der Waals surface area contributed by atoms with Gasteiger partial charge in [-0.1, -0.05) is 29.8 Å². The van der Waals surface area contributed by atoms with Crippen molar-refractivity contribution < 1.29 is 13.2 Å². The van der Waals surface area contributed by atoms with Crippen LogP contribution in [0.15, 0.2) is 47.4 Å². The van der Waals surface area contributed by atoms with Crippen molar-refractivity contribution in [3.8, 4) is 0 Å². The molecule has 2 rings (SSSR count). The molecule has 2 aromatic rings. The van der Waals surface area contributed by atoms with Gasteiger partial charge in [0.1, 0.15) is 0 Å². The van der Waals surface area contributed by atoms with Gasteiger partial charge in [0.15, 0.2) is 15.8 Å². The molecule has 0 saturated carbocycles. The fourth-order valence-electron chi connectivity index (χ4n) is 1.99. The number of rotatable bonds is 4. The Hall–Kier alpha value is -2.29. The van der Waals surface area contributed by atoms with Crippen molar-refractivity contribution >= 4 is 57.1 Å². The number of carbonyl (C=O) groups is 1. The van der Waals surface area contributed by atoms with Crippen molar-refractivity contribution in [3.63, 3.8) is 0 Å². The summed E-state index contributed by atoms with van der Waals surface area (Å²) in [5, 5.41) is 12.2. The number of benzene rings is 2. The number of halogens is 2. The van der Waals surface area contributed by atoms with Gasteiger partial charge in [-0.05, 0) is 24.3 Å². The zero-order valence-corrected chi connectivity index (χ0v) is 15.4. The molecule has 0 atom stereocenters. The minimum absolute atomic E-state index is 0. The zero-order chi connectivity index (χ0) is 17.9. The number of hydrogen-bond donors (Lipinski definition) is 4. The zero-order valence-electron chi connectivity index (χ0n) is 13.0. The number of hydrogen-bond acceptors (Lipinski definition) is 5. The Labute approximate surface area is 156 Å². The number of anilines is 2. The van der Waals surface area contributed by atoms with E-state index in [9.17, 15) is 13.2 Å². The number of carbonyl (C=O) groups excluding carboxylic acids is 1. The molecule has 0 radical (unpaired) electrons. The molecule has 0 aliphatic rings. The normalized spacial score (nSPS) is 10.5. The van der Waals surface area contributed by atoms with Gasteiger partial charge in [-0.3, -0.25) is 15.5 Å². The van der Waals surface area contributed by atoms with Gasteiger partial charge in [-0.2, -0.15) is 0 Å². The Morgan fingerprint density at radius 3 is 2.32 bits per heavy atom. The van der Waals surface area contributed by atoms with E-state index in [0.717, 1.165) is 6.26 Å². The van der Waals surface area contributed by atoms with Crippen LogP contribution in [0.4, 0.5) is 11.4 Å². The molecular weight excluding hydrogens is 387 g/mol. The maximum absolute atomic E-state index is 12.1. The van der Waals surface area contributed by atoms with Gasteiger partial charge in [0.2, 0.25) is 0 Å². The number of amides is 1. The first-order chi connectivity index (χ1) is 11.2. The SMILES string of the molecule is CS(=O)(=O)c1cc(C(=O)NC(=N)N)cc(Cl)c1Nc1ccccc1.Cl. The van der Waals surface area contributed by atoms with E-state index in [1.54, 1.807) is 24.3 Å². The van der Waals surface area contributed by atoms with Crippen LogP contribution in [0.5, 0.6) is 0 Å². The lowest BCUT2D eigenvalue weighted by Gasteiger charge is -2.15.